The molecule has 0 aromatic heterocycles. The number of aliphatic hydroxyl groups is 1. The summed E-state index contributed by atoms with van der Waals surface area (Å²) in [5.74, 6) is 0. The molecule has 0 saturated carbocycles. The molecule has 1 unspecified atom stereocenters. The fourth-order valence-electron chi connectivity index (χ4n) is 2.01. The van der Waals surface area contributed by atoms with Crippen LogP contribution in [-0.4, -0.2) is 28.5 Å². The van der Waals surface area contributed by atoms with Gasteiger partial charge in [0.15, 0.2) is 0 Å². The molecule has 1 aliphatic heterocycles. The standard InChI is InChI=1S/C13H17NO4S/c1-9(15)10-2-3-13(12(8-10)14(16)17)19-11-4-6-18-7-5-11/h2-3,8-9,11,15H,4-7H2,1H3. The van der Waals surface area contributed by atoms with Crippen LogP contribution in [0.25, 0.3) is 0 Å². The van der Waals surface area contributed by atoms with E-state index >= 15 is 0 Å². The Kier molecular flexibility index (Phi) is 4.79. The van der Waals surface area contributed by atoms with Crippen molar-refractivity contribution in [3.05, 3.63) is 33.9 Å². The van der Waals surface area contributed by atoms with Crippen LogP contribution < -0.4 is 0 Å². The summed E-state index contributed by atoms with van der Waals surface area (Å²) in [7, 11) is 0. The predicted molar refractivity (Wildman–Crippen MR) is 73.4 cm³/mol. The molecule has 1 fully saturated rings. The minimum Gasteiger partial charge on any atom is -0.389 e. The summed E-state index contributed by atoms with van der Waals surface area (Å²) < 4.78 is 5.29. The molecular formula is C13H17NO4S. The molecule has 19 heavy (non-hydrogen) atoms. The third-order valence-corrected chi connectivity index (χ3v) is 4.53. The molecule has 5 nitrogen and oxygen atoms in total. The highest BCUT2D eigenvalue weighted by Gasteiger charge is 2.22. The molecule has 1 N–H and O–H groups in total. The molecule has 104 valence electrons. The molecule has 1 aromatic carbocycles. The number of nitrogens with zero attached hydrogens (tertiary/aromatic N) is 1. The highest BCUT2D eigenvalue weighted by Crippen LogP contribution is 2.37. The van der Waals surface area contributed by atoms with Gasteiger partial charge in [-0.2, -0.15) is 0 Å². The average Bonchev–Trinajstić information content (AvgIpc) is 2.39. The Morgan fingerprint density at radius 2 is 2.16 bits per heavy atom. The number of ether oxygens (including phenoxy) is 1. The van der Waals surface area contributed by atoms with Gasteiger partial charge in [-0.25, -0.2) is 0 Å². The summed E-state index contributed by atoms with van der Waals surface area (Å²) in [5.41, 5.74) is 0.651. The van der Waals surface area contributed by atoms with E-state index in [-0.39, 0.29) is 10.6 Å². The van der Waals surface area contributed by atoms with Gasteiger partial charge in [0.05, 0.1) is 15.9 Å². The summed E-state index contributed by atoms with van der Waals surface area (Å²) in [5, 5.41) is 21.0. The molecule has 6 heteroatoms. The van der Waals surface area contributed by atoms with Crippen LogP contribution in [0.4, 0.5) is 5.69 Å². The smallest absolute Gasteiger partial charge is 0.283 e. The highest BCUT2D eigenvalue weighted by atomic mass is 32.2. The van der Waals surface area contributed by atoms with Crippen molar-refractivity contribution in [2.75, 3.05) is 13.2 Å². The fourth-order valence-corrected chi connectivity index (χ4v) is 3.20. The van der Waals surface area contributed by atoms with Gasteiger partial charge in [0.2, 0.25) is 0 Å². The molecule has 0 amide bonds. The number of aliphatic hydroxyl groups excluding tert-OH is 1. The van der Waals surface area contributed by atoms with Crippen LogP contribution in [-0.2, 0) is 4.74 Å². The molecule has 0 bridgehead atoms. The first-order valence-corrected chi connectivity index (χ1v) is 7.16. The van der Waals surface area contributed by atoms with E-state index in [1.807, 2.05) is 0 Å². The lowest BCUT2D eigenvalue weighted by molar-refractivity contribution is -0.387. The monoisotopic (exact) mass is 283 g/mol. The Balaban J connectivity index is 2.21. The largest absolute Gasteiger partial charge is 0.389 e. The lowest BCUT2D eigenvalue weighted by Crippen LogP contribution is -2.17. The first kappa shape index (κ1) is 14.3. The second kappa shape index (κ2) is 6.36. The van der Waals surface area contributed by atoms with E-state index in [1.54, 1.807) is 19.1 Å². The van der Waals surface area contributed by atoms with E-state index in [1.165, 1.54) is 17.8 Å². The van der Waals surface area contributed by atoms with Crippen molar-refractivity contribution in [2.24, 2.45) is 0 Å². The van der Waals surface area contributed by atoms with Crippen LogP contribution >= 0.6 is 11.8 Å². The van der Waals surface area contributed by atoms with Crippen molar-refractivity contribution < 1.29 is 14.8 Å². The summed E-state index contributed by atoms with van der Waals surface area (Å²) in [6.45, 7) is 3.04. The molecule has 0 spiro atoms. The van der Waals surface area contributed by atoms with E-state index in [9.17, 15) is 15.2 Å². The summed E-state index contributed by atoms with van der Waals surface area (Å²) >= 11 is 1.54. The Morgan fingerprint density at radius 3 is 2.74 bits per heavy atom. The summed E-state index contributed by atoms with van der Waals surface area (Å²) in [6.07, 6.45) is 1.14. The molecule has 1 saturated heterocycles. The zero-order valence-corrected chi connectivity index (χ0v) is 11.6. The molecular weight excluding hydrogens is 266 g/mol. The Morgan fingerprint density at radius 1 is 1.47 bits per heavy atom. The molecule has 1 aliphatic rings. The lowest BCUT2D eigenvalue weighted by Gasteiger charge is -2.21. The SMILES string of the molecule is CC(O)c1ccc(SC2CCOCC2)c([N+](=O)[O-])c1. The van der Waals surface area contributed by atoms with Crippen LogP contribution in [0.2, 0.25) is 0 Å². The second-order valence-electron chi connectivity index (χ2n) is 4.59. The van der Waals surface area contributed by atoms with Crippen molar-refractivity contribution >= 4 is 17.4 Å². The third kappa shape index (κ3) is 3.68. The highest BCUT2D eigenvalue weighted by molar-refractivity contribution is 8.00. The van der Waals surface area contributed by atoms with E-state index < -0.39 is 6.10 Å². The Hall–Kier alpha value is -1.11. The molecule has 1 heterocycles. The van der Waals surface area contributed by atoms with Crippen LogP contribution in [0.5, 0.6) is 0 Å². The number of benzene rings is 1. The molecule has 0 aliphatic carbocycles. The van der Waals surface area contributed by atoms with E-state index in [0.717, 1.165) is 26.1 Å². The molecule has 0 radical (unpaired) electrons. The van der Waals surface area contributed by atoms with E-state index in [2.05, 4.69) is 0 Å². The first-order valence-electron chi connectivity index (χ1n) is 6.28. The molecule has 1 atom stereocenters. The van der Waals surface area contributed by atoms with Crippen molar-refractivity contribution in [3.8, 4) is 0 Å². The van der Waals surface area contributed by atoms with Crippen molar-refractivity contribution in [1.82, 2.24) is 0 Å². The predicted octanol–water partition coefficient (Wildman–Crippen LogP) is 2.92. The van der Waals surface area contributed by atoms with Gasteiger partial charge in [0.1, 0.15) is 0 Å². The maximum Gasteiger partial charge on any atom is 0.283 e. The van der Waals surface area contributed by atoms with E-state index in [4.69, 9.17) is 4.74 Å². The zero-order valence-electron chi connectivity index (χ0n) is 10.7. The van der Waals surface area contributed by atoms with Crippen LogP contribution in [0, 0.1) is 10.1 Å². The summed E-state index contributed by atoms with van der Waals surface area (Å²) in [4.78, 5) is 11.4. The molecule has 2 rings (SSSR count). The zero-order chi connectivity index (χ0) is 13.8. The number of hydrogen-bond donors (Lipinski definition) is 1. The topological polar surface area (TPSA) is 72.6 Å². The van der Waals surface area contributed by atoms with Gasteiger partial charge in [-0.3, -0.25) is 10.1 Å². The first-order chi connectivity index (χ1) is 9.08. The van der Waals surface area contributed by atoms with Crippen molar-refractivity contribution in [2.45, 2.75) is 36.0 Å². The quantitative estimate of drug-likeness (QED) is 0.679. The van der Waals surface area contributed by atoms with Crippen molar-refractivity contribution in [3.63, 3.8) is 0 Å². The van der Waals surface area contributed by atoms with E-state index in [0.29, 0.717) is 15.7 Å². The van der Waals surface area contributed by atoms with Crippen LogP contribution in [0.3, 0.4) is 0 Å². The number of hydrogen-bond acceptors (Lipinski definition) is 5. The van der Waals surface area contributed by atoms with Gasteiger partial charge in [0, 0.05) is 24.5 Å². The van der Waals surface area contributed by atoms with Gasteiger partial charge < -0.3 is 9.84 Å². The van der Waals surface area contributed by atoms with Gasteiger partial charge in [-0.05, 0) is 31.4 Å². The van der Waals surface area contributed by atoms with Gasteiger partial charge in [-0.1, -0.05) is 6.07 Å². The minimum absolute atomic E-state index is 0.0786. The fraction of sp³-hybridized carbons (Fsp3) is 0.538. The van der Waals surface area contributed by atoms with Gasteiger partial charge in [0.25, 0.3) is 5.69 Å². The normalized spacial score (nSPS) is 18.2. The third-order valence-electron chi connectivity index (χ3n) is 3.12. The second-order valence-corrected chi connectivity index (χ2v) is 5.93. The van der Waals surface area contributed by atoms with Gasteiger partial charge >= 0.3 is 0 Å². The Bertz CT molecular complexity index is 458. The Labute approximate surface area is 116 Å². The maximum absolute atomic E-state index is 11.1. The number of nitro benzene ring substituents is 1. The van der Waals surface area contributed by atoms with Crippen molar-refractivity contribution in [1.29, 1.82) is 0 Å². The minimum atomic E-state index is -0.694. The lowest BCUT2D eigenvalue weighted by atomic mass is 10.1. The van der Waals surface area contributed by atoms with Crippen LogP contribution in [0.1, 0.15) is 31.4 Å². The van der Waals surface area contributed by atoms with Gasteiger partial charge in [-0.15, -0.1) is 11.8 Å². The number of thioether (sulfide) groups is 1. The maximum atomic E-state index is 11.1. The summed E-state index contributed by atoms with van der Waals surface area (Å²) in [6, 6.07) is 4.95. The number of rotatable bonds is 4. The number of nitro groups is 1. The van der Waals surface area contributed by atoms with Crippen LogP contribution in [0.15, 0.2) is 23.1 Å². The average molecular weight is 283 g/mol. The molecule has 1 aromatic rings.